The number of aromatic nitrogens is 1. The molecule has 2 rings (SSSR count). The van der Waals surface area contributed by atoms with E-state index in [1.165, 1.54) is 11.3 Å². The first-order valence-corrected chi connectivity index (χ1v) is 8.95. The van der Waals surface area contributed by atoms with Gasteiger partial charge in [-0.25, -0.2) is 4.98 Å². The monoisotopic (exact) mass is 362 g/mol. The lowest BCUT2D eigenvalue weighted by molar-refractivity contribution is -0.137. The normalized spacial score (nSPS) is 11.8. The molecule has 1 atom stereocenters. The maximum atomic E-state index is 12.4. The summed E-state index contributed by atoms with van der Waals surface area (Å²) < 4.78 is 5.42. The Balaban J connectivity index is 2.08. The van der Waals surface area contributed by atoms with Gasteiger partial charge in [0.25, 0.3) is 5.91 Å². The van der Waals surface area contributed by atoms with E-state index < -0.39 is 5.97 Å². The Morgan fingerprint density at radius 1 is 1.32 bits per heavy atom. The molecule has 0 saturated heterocycles. The molecule has 0 fully saturated rings. The van der Waals surface area contributed by atoms with Gasteiger partial charge in [-0.2, -0.15) is 0 Å². The fourth-order valence-electron chi connectivity index (χ4n) is 2.29. The third-order valence-corrected chi connectivity index (χ3v) is 4.79. The predicted molar refractivity (Wildman–Crippen MR) is 97.3 cm³/mol. The Hall–Kier alpha value is -2.41. The van der Waals surface area contributed by atoms with Crippen molar-refractivity contribution >= 4 is 23.2 Å². The van der Waals surface area contributed by atoms with E-state index in [1.54, 1.807) is 13.8 Å². The molecule has 1 amide bonds. The molecule has 1 heterocycles. The number of benzene rings is 1. The molecular formula is C18H22N2O4S. The quantitative estimate of drug-likeness (QED) is 0.750. The summed E-state index contributed by atoms with van der Waals surface area (Å²) in [6.45, 7) is 6.14. The Morgan fingerprint density at radius 3 is 2.60 bits per heavy atom. The smallest absolute Gasteiger partial charge is 0.303 e. The molecule has 0 spiro atoms. The summed E-state index contributed by atoms with van der Waals surface area (Å²) in [4.78, 5) is 28.0. The number of amides is 1. The molecule has 0 bridgehead atoms. The van der Waals surface area contributed by atoms with Crippen LogP contribution >= 0.6 is 11.3 Å². The summed E-state index contributed by atoms with van der Waals surface area (Å²) in [7, 11) is 0. The van der Waals surface area contributed by atoms with Gasteiger partial charge < -0.3 is 15.2 Å². The van der Waals surface area contributed by atoms with Gasteiger partial charge in [-0.15, -0.1) is 11.3 Å². The van der Waals surface area contributed by atoms with E-state index in [9.17, 15) is 9.59 Å². The average Bonchev–Trinajstić information content (AvgIpc) is 2.96. The largest absolute Gasteiger partial charge is 0.494 e. The molecular weight excluding hydrogens is 340 g/mol. The first-order chi connectivity index (χ1) is 11.9. The highest BCUT2D eigenvalue weighted by molar-refractivity contribution is 7.17. The maximum Gasteiger partial charge on any atom is 0.303 e. The summed E-state index contributed by atoms with van der Waals surface area (Å²) in [6.07, 6.45) is 0.422. The number of carbonyl (C=O) groups excluding carboxylic acids is 1. The molecule has 0 aliphatic carbocycles. The third-order valence-electron chi connectivity index (χ3n) is 3.58. The molecule has 2 N–H and O–H groups in total. The van der Waals surface area contributed by atoms with Gasteiger partial charge in [0.2, 0.25) is 0 Å². The number of carbonyl (C=O) groups is 2. The van der Waals surface area contributed by atoms with Crippen molar-refractivity contribution in [1.82, 2.24) is 10.3 Å². The molecule has 1 aromatic heterocycles. The third kappa shape index (κ3) is 5.29. The van der Waals surface area contributed by atoms with Gasteiger partial charge in [-0.05, 0) is 51.5 Å². The molecule has 134 valence electrons. The van der Waals surface area contributed by atoms with E-state index in [0.29, 0.717) is 23.6 Å². The lowest BCUT2D eigenvalue weighted by Gasteiger charge is -2.11. The molecule has 0 radical (unpaired) electrons. The van der Waals surface area contributed by atoms with Gasteiger partial charge in [0.05, 0.1) is 12.3 Å². The summed E-state index contributed by atoms with van der Waals surface area (Å²) in [5, 5.41) is 12.3. The van der Waals surface area contributed by atoms with Crippen molar-refractivity contribution in [2.75, 3.05) is 6.61 Å². The molecule has 6 nitrogen and oxygen atoms in total. The van der Waals surface area contributed by atoms with Crippen LogP contribution in [-0.4, -0.2) is 34.6 Å². The zero-order chi connectivity index (χ0) is 18.4. The van der Waals surface area contributed by atoms with Gasteiger partial charge in [0.15, 0.2) is 0 Å². The molecule has 7 heteroatoms. The van der Waals surface area contributed by atoms with Crippen LogP contribution in [0.3, 0.4) is 0 Å². The van der Waals surface area contributed by atoms with Crippen molar-refractivity contribution in [1.29, 1.82) is 0 Å². The molecule has 1 unspecified atom stereocenters. The summed E-state index contributed by atoms with van der Waals surface area (Å²) in [5.74, 6) is -0.289. The lowest BCUT2D eigenvalue weighted by Crippen LogP contribution is -2.32. The Labute approximate surface area is 150 Å². The van der Waals surface area contributed by atoms with Gasteiger partial charge >= 0.3 is 5.97 Å². The van der Waals surface area contributed by atoms with Crippen molar-refractivity contribution in [3.63, 3.8) is 0 Å². The minimum absolute atomic E-state index is 0.0283. The average molecular weight is 362 g/mol. The second-order valence-corrected chi connectivity index (χ2v) is 6.70. The van der Waals surface area contributed by atoms with Gasteiger partial charge in [-0.1, -0.05) is 0 Å². The second kappa shape index (κ2) is 8.62. The van der Waals surface area contributed by atoms with E-state index in [-0.39, 0.29) is 18.4 Å². The zero-order valence-electron chi connectivity index (χ0n) is 14.5. The highest BCUT2D eigenvalue weighted by Crippen LogP contribution is 2.29. The van der Waals surface area contributed by atoms with E-state index in [2.05, 4.69) is 10.3 Å². The van der Waals surface area contributed by atoms with Crippen LogP contribution in [-0.2, 0) is 4.79 Å². The number of carboxylic acid groups (broad SMARTS) is 1. The number of thiazole rings is 1. The molecule has 0 saturated carbocycles. The molecule has 0 aliphatic heterocycles. The highest BCUT2D eigenvalue weighted by Gasteiger charge is 2.18. The van der Waals surface area contributed by atoms with Crippen LogP contribution in [0.5, 0.6) is 5.75 Å². The fourth-order valence-corrected chi connectivity index (χ4v) is 3.27. The number of rotatable bonds is 8. The van der Waals surface area contributed by atoms with Crippen LogP contribution in [0, 0.1) is 6.92 Å². The van der Waals surface area contributed by atoms with E-state index in [1.807, 2.05) is 31.2 Å². The Bertz CT molecular complexity index is 740. The van der Waals surface area contributed by atoms with Crippen LogP contribution in [0.15, 0.2) is 24.3 Å². The number of aryl methyl sites for hydroxylation is 1. The van der Waals surface area contributed by atoms with Crippen LogP contribution < -0.4 is 10.1 Å². The fraction of sp³-hybridized carbons (Fsp3) is 0.389. The number of hydrogen-bond donors (Lipinski definition) is 2. The number of nitrogens with one attached hydrogen (secondary N) is 1. The molecule has 2 aromatic rings. The zero-order valence-corrected chi connectivity index (χ0v) is 15.4. The number of carboxylic acids is 1. The van der Waals surface area contributed by atoms with E-state index in [0.717, 1.165) is 16.3 Å². The second-order valence-electron chi connectivity index (χ2n) is 5.70. The first kappa shape index (κ1) is 18.9. The van der Waals surface area contributed by atoms with Crippen molar-refractivity contribution in [3.8, 4) is 16.3 Å². The van der Waals surface area contributed by atoms with E-state index >= 15 is 0 Å². The summed E-state index contributed by atoms with van der Waals surface area (Å²) in [5.41, 5.74) is 1.59. The van der Waals surface area contributed by atoms with Gasteiger partial charge in [-0.3, -0.25) is 9.59 Å². The van der Waals surface area contributed by atoms with Crippen LogP contribution in [0.2, 0.25) is 0 Å². The summed E-state index contributed by atoms with van der Waals surface area (Å²) >= 11 is 1.33. The highest BCUT2D eigenvalue weighted by atomic mass is 32.1. The SMILES string of the molecule is CCOc1ccc(-c2nc(C)c(C(=O)NC(C)CCC(=O)O)s2)cc1. The number of ether oxygens (including phenoxy) is 1. The lowest BCUT2D eigenvalue weighted by atomic mass is 10.2. The van der Waals surface area contributed by atoms with Crippen molar-refractivity contribution < 1.29 is 19.4 Å². The van der Waals surface area contributed by atoms with Crippen LogP contribution in [0.25, 0.3) is 10.6 Å². The number of nitrogens with zero attached hydrogens (tertiary/aromatic N) is 1. The molecule has 1 aromatic carbocycles. The minimum atomic E-state index is -0.868. The van der Waals surface area contributed by atoms with E-state index in [4.69, 9.17) is 9.84 Å². The van der Waals surface area contributed by atoms with Crippen LogP contribution in [0.4, 0.5) is 0 Å². The molecule has 25 heavy (non-hydrogen) atoms. The topological polar surface area (TPSA) is 88.5 Å². The molecule has 0 aliphatic rings. The van der Waals surface area contributed by atoms with Gasteiger partial charge in [0.1, 0.15) is 15.6 Å². The first-order valence-electron chi connectivity index (χ1n) is 8.14. The number of hydrogen-bond acceptors (Lipinski definition) is 5. The number of aliphatic carboxylic acids is 1. The van der Waals surface area contributed by atoms with Crippen LogP contribution in [0.1, 0.15) is 42.1 Å². The van der Waals surface area contributed by atoms with Gasteiger partial charge in [0, 0.05) is 18.0 Å². The Kier molecular flexibility index (Phi) is 6.52. The van der Waals surface area contributed by atoms with Crippen molar-refractivity contribution in [2.24, 2.45) is 0 Å². The van der Waals surface area contributed by atoms with Crippen molar-refractivity contribution in [3.05, 3.63) is 34.8 Å². The Morgan fingerprint density at radius 2 is 2.00 bits per heavy atom. The standard InChI is InChI=1S/C18H22N2O4S/c1-4-24-14-8-6-13(7-9-14)18-20-12(3)16(25-18)17(23)19-11(2)5-10-15(21)22/h6-9,11H,4-5,10H2,1-3H3,(H,19,23)(H,21,22). The summed E-state index contributed by atoms with van der Waals surface area (Å²) in [6, 6.07) is 7.38. The predicted octanol–water partition coefficient (Wildman–Crippen LogP) is 3.50. The maximum absolute atomic E-state index is 12.4. The minimum Gasteiger partial charge on any atom is -0.494 e. The van der Waals surface area contributed by atoms with Crippen molar-refractivity contribution in [2.45, 2.75) is 39.7 Å².